The van der Waals surface area contributed by atoms with E-state index >= 15 is 0 Å². The molecule has 1 aromatic heterocycles. The Morgan fingerprint density at radius 2 is 2.11 bits per heavy atom. The molecule has 1 heterocycles. The van der Waals surface area contributed by atoms with E-state index in [4.69, 9.17) is 15.0 Å². The number of para-hydroxylation sites is 2. The first-order chi connectivity index (χ1) is 8.65. The SMILES string of the molecule is CC(C)Cc1nc(COc2ccccc2N)no1. The van der Waals surface area contributed by atoms with Crippen molar-refractivity contribution in [2.24, 2.45) is 5.92 Å². The van der Waals surface area contributed by atoms with E-state index in [0.29, 0.717) is 29.1 Å². The van der Waals surface area contributed by atoms with Gasteiger partial charge < -0.3 is 15.0 Å². The summed E-state index contributed by atoms with van der Waals surface area (Å²) in [6.45, 7) is 4.46. The van der Waals surface area contributed by atoms with E-state index < -0.39 is 0 Å². The molecule has 5 nitrogen and oxygen atoms in total. The van der Waals surface area contributed by atoms with Crippen LogP contribution in [0.3, 0.4) is 0 Å². The van der Waals surface area contributed by atoms with E-state index in [1.165, 1.54) is 0 Å². The van der Waals surface area contributed by atoms with Gasteiger partial charge in [0.05, 0.1) is 5.69 Å². The zero-order valence-electron chi connectivity index (χ0n) is 10.6. The van der Waals surface area contributed by atoms with Crippen molar-refractivity contribution in [1.29, 1.82) is 0 Å². The highest BCUT2D eigenvalue weighted by Crippen LogP contribution is 2.20. The van der Waals surface area contributed by atoms with Crippen LogP contribution >= 0.6 is 0 Å². The number of ether oxygens (including phenoxy) is 1. The molecule has 2 aromatic rings. The van der Waals surface area contributed by atoms with Crippen molar-refractivity contribution in [3.63, 3.8) is 0 Å². The quantitative estimate of drug-likeness (QED) is 0.821. The van der Waals surface area contributed by atoms with Gasteiger partial charge in [-0.15, -0.1) is 0 Å². The van der Waals surface area contributed by atoms with Crippen LogP contribution in [0.1, 0.15) is 25.6 Å². The lowest BCUT2D eigenvalue weighted by molar-refractivity contribution is 0.286. The Bertz CT molecular complexity index is 508. The highest BCUT2D eigenvalue weighted by atomic mass is 16.5. The molecule has 0 radical (unpaired) electrons. The number of benzene rings is 1. The highest BCUT2D eigenvalue weighted by molar-refractivity contribution is 5.51. The Balaban J connectivity index is 1.94. The number of rotatable bonds is 5. The molecule has 0 bridgehead atoms. The minimum Gasteiger partial charge on any atom is -0.483 e. The topological polar surface area (TPSA) is 74.2 Å². The van der Waals surface area contributed by atoms with Gasteiger partial charge in [-0.25, -0.2) is 0 Å². The summed E-state index contributed by atoms with van der Waals surface area (Å²) in [5, 5.41) is 3.86. The van der Waals surface area contributed by atoms with E-state index in [0.717, 1.165) is 6.42 Å². The smallest absolute Gasteiger partial charge is 0.227 e. The van der Waals surface area contributed by atoms with Crippen LogP contribution in [0.2, 0.25) is 0 Å². The molecule has 18 heavy (non-hydrogen) atoms. The molecule has 0 aliphatic rings. The van der Waals surface area contributed by atoms with Gasteiger partial charge in [-0.3, -0.25) is 0 Å². The lowest BCUT2D eigenvalue weighted by Crippen LogP contribution is -2.00. The number of anilines is 1. The second-order valence-electron chi connectivity index (χ2n) is 4.53. The van der Waals surface area contributed by atoms with Crippen molar-refractivity contribution < 1.29 is 9.26 Å². The van der Waals surface area contributed by atoms with Crippen molar-refractivity contribution in [2.45, 2.75) is 26.9 Å². The molecule has 96 valence electrons. The van der Waals surface area contributed by atoms with Crippen LogP contribution in [0.25, 0.3) is 0 Å². The molecule has 0 amide bonds. The number of nitrogens with two attached hydrogens (primary N) is 1. The van der Waals surface area contributed by atoms with Crippen molar-refractivity contribution in [3.8, 4) is 5.75 Å². The third-order valence-corrected chi connectivity index (χ3v) is 2.37. The minimum absolute atomic E-state index is 0.260. The number of nitrogen functional groups attached to an aromatic ring is 1. The molecular weight excluding hydrogens is 230 g/mol. The Kier molecular flexibility index (Phi) is 3.82. The maximum absolute atomic E-state index is 5.77. The molecule has 0 aliphatic heterocycles. The number of nitrogens with zero attached hydrogens (tertiary/aromatic N) is 2. The summed E-state index contributed by atoms with van der Waals surface area (Å²) in [4.78, 5) is 4.25. The summed E-state index contributed by atoms with van der Waals surface area (Å²) >= 11 is 0. The van der Waals surface area contributed by atoms with Gasteiger partial charge >= 0.3 is 0 Å². The zero-order valence-corrected chi connectivity index (χ0v) is 10.6. The van der Waals surface area contributed by atoms with Crippen LogP contribution in [-0.4, -0.2) is 10.1 Å². The van der Waals surface area contributed by atoms with Gasteiger partial charge in [0.1, 0.15) is 5.75 Å². The van der Waals surface area contributed by atoms with E-state index in [-0.39, 0.29) is 6.61 Å². The van der Waals surface area contributed by atoms with Gasteiger partial charge in [-0.2, -0.15) is 4.98 Å². The summed E-state index contributed by atoms with van der Waals surface area (Å²) in [7, 11) is 0. The third kappa shape index (κ3) is 3.23. The predicted octanol–water partition coefficient (Wildman–Crippen LogP) is 2.43. The fourth-order valence-corrected chi connectivity index (χ4v) is 1.54. The van der Waals surface area contributed by atoms with Crippen molar-refractivity contribution in [2.75, 3.05) is 5.73 Å². The first kappa shape index (κ1) is 12.4. The number of hydrogen-bond donors (Lipinski definition) is 1. The summed E-state index contributed by atoms with van der Waals surface area (Å²) in [6.07, 6.45) is 0.778. The van der Waals surface area contributed by atoms with Crippen LogP contribution in [-0.2, 0) is 13.0 Å². The summed E-state index contributed by atoms with van der Waals surface area (Å²) < 4.78 is 10.7. The molecule has 0 spiro atoms. The lowest BCUT2D eigenvalue weighted by Gasteiger charge is -2.05. The van der Waals surface area contributed by atoms with Gasteiger partial charge in [-0.05, 0) is 18.1 Å². The van der Waals surface area contributed by atoms with Gasteiger partial charge in [-0.1, -0.05) is 31.1 Å². The van der Waals surface area contributed by atoms with E-state index in [1.54, 1.807) is 6.07 Å². The van der Waals surface area contributed by atoms with Crippen molar-refractivity contribution in [1.82, 2.24) is 10.1 Å². The predicted molar refractivity (Wildman–Crippen MR) is 68.0 cm³/mol. The Hall–Kier alpha value is -2.04. The fourth-order valence-electron chi connectivity index (χ4n) is 1.54. The largest absolute Gasteiger partial charge is 0.483 e. The second-order valence-corrected chi connectivity index (χ2v) is 4.53. The molecule has 0 unspecified atom stereocenters. The summed E-state index contributed by atoms with van der Waals surface area (Å²) in [5.74, 6) is 2.30. The first-order valence-electron chi connectivity index (χ1n) is 5.94. The van der Waals surface area contributed by atoms with Crippen LogP contribution in [0, 0.1) is 5.92 Å². The van der Waals surface area contributed by atoms with Gasteiger partial charge in [0.25, 0.3) is 0 Å². The van der Waals surface area contributed by atoms with Crippen molar-refractivity contribution in [3.05, 3.63) is 36.0 Å². The lowest BCUT2D eigenvalue weighted by atomic mass is 10.1. The minimum atomic E-state index is 0.260. The number of hydrogen-bond acceptors (Lipinski definition) is 5. The maximum Gasteiger partial charge on any atom is 0.227 e. The average Bonchev–Trinajstić information content (AvgIpc) is 2.75. The molecule has 0 saturated carbocycles. The van der Waals surface area contributed by atoms with Crippen molar-refractivity contribution >= 4 is 5.69 Å². The molecule has 2 rings (SSSR count). The maximum atomic E-state index is 5.77. The molecule has 0 saturated heterocycles. The van der Waals surface area contributed by atoms with Crippen LogP contribution in [0.4, 0.5) is 5.69 Å². The molecule has 0 atom stereocenters. The monoisotopic (exact) mass is 247 g/mol. The van der Waals surface area contributed by atoms with Gasteiger partial charge in [0.15, 0.2) is 6.61 Å². The van der Waals surface area contributed by atoms with Gasteiger partial charge in [0, 0.05) is 6.42 Å². The zero-order chi connectivity index (χ0) is 13.0. The van der Waals surface area contributed by atoms with Gasteiger partial charge in [0.2, 0.25) is 11.7 Å². The average molecular weight is 247 g/mol. The molecule has 5 heteroatoms. The first-order valence-corrected chi connectivity index (χ1v) is 5.94. The molecule has 2 N–H and O–H groups in total. The van der Waals surface area contributed by atoms with Crippen LogP contribution in [0.15, 0.2) is 28.8 Å². The number of aromatic nitrogens is 2. The summed E-state index contributed by atoms with van der Waals surface area (Å²) in [5.41, 5.74) is 6.37. The molecule has 1 aromatic carbocycles. The highest BCUT2D eigenvalue weighted by Gasteiger charge is 2.09. The van der Waals surface area contributed by atoms with Crippen LogP contribution in [0.5, 0.6) is 5.75 Å². The Labute approximate surface area is 106 Å². The Morgan fingerprint density at radius 3 is 2.83 bits per heavy atom. The fraction of sp³-hybridized carbons (Fsp3) is 0.385. The van der Waals surface area contributed by atoms with E-state index in [2.05, 4.69) is 24.0 Å². The van der Waals surface area contributed by atoms with E-state index in [9.17, 15) is 0 Å². The third-order valence-electron chi connectivity index (χ3n) is 2.37. The molecular formula is C13H17N3O2. The standard InChI is InChI=1S/C13H17N3O2/c1-9(2)7-13-15-12(16-18-13)8-17-11-6-4-3-5-10(11)14/h3-6,9H,7-8,14H2,1-2H3. The van der Waals surface area contributed by atoms with Crippen LogP contribution < -0.4 is 10.5 Å². The summed E-state index contributed by atoms with van der Waals surface area (Å²) in [6, 6.07) is 7.32. The van der Waals surface area contributed by atoms with E-state index in [1.807, 2.05) is 18.2 Å². The molecule has 0 fully saturated rings. The normalized spacial score (nSPS) is 10.8. The Morgan fingerprint density at radius 1 is 1.33 bits per heavy atom. The second kappa shape index (κ2) is 5.53. The molecule has 0 aliphatic carbocycles.